The summed E-state index contributed by atoms with van der Waals surface area (Å²) in [7, 11) is 1.66. The lowest BCUT2D eigenvalue weighted by atomic mass is 10.4. The molecular weight excluding hydrogens is 282 g/mol. The highest BCUT2D eigenvalue weighted by Gasteiger charge is 2.03. The number of hydrogen-bond acceptors (Lipinski definition) is 6. The van der Waals surface area contributed by atoms with Crippen LogP contribution in [0.1, 0.15) is 19.2 Å². The molecule has 1 N–H and O–H groups in total. The molecule has 0 aliphatic heterocycles. The van der Waals surface area contributed by atoms with Gasteiger partial charge in [-0.25, -0.2) is 9.97 Å². The Kier molecular flexibility index (Phi) is 9.23. The summed E-state index contributed by atoms with van der Waals surface area (Å²) in [4.78, 5) is 8.43. The van der Waals surface area contributed by atoms with Crippen molar-refractivity contribution in [1.82, 2.24) is 9.97 Å². The van der Waals surface area contributed by atoms with Crippen LogP contribution in [-0.4, -0.2) is 50.1 Å². The Balaban J connectivity index is 2.26. The minimum Gasteiger partial charge on any atom is -0.382 e. The van der Waals surface area contributed by atoms with Crippen LogP contribution in [0.2, 0.25) is 5.15 Å². The zero-order valence-electron chi connectivity index (χ0n) is 12.0. The molecule has 1 heterocycles. The average molecular weight is 304 g/mol. The number of ether oxygens (including phenoxy) is 3. The van der Waals surface area contributed by atoms with Gasteiger partial charge in [0, 0.05) is 32.9 Å². The van der Waals surface area contributed by atoms with Gasteiger partial charge >= 0.3 is 0 Å². The number of hydrogen-bond donors (Lipinski definition) is 1. The zero-order chi connectivity index (χ0) is 14.6. The fourth-order valence-electron chi connectivity index (χ4n) is 1.45. The minimum absolute atomic E-state index is 0.367. The molecule has 0 bridgehead atoms. The Hall–Kier alpha value is -0.950. The number of anilines is 1. The molecule has 0 aliphatic rings. The van der Waals surface area contributed by atoms with Crippen LogP contribution in [-0.2, 0) is 20.8 Å². The molecule has 0 radical (unpaired) electrons. The molecule has 1 aromatic rings. The van der Waals surface area contributed by atoms with E-state index in [1.807, 2.05) is 6.92 Å². The molecule has 0 unspecified atom stereocenters. The summed E-state index contributed by atoms with van der Waals surface area (Å²) < 4.78 is 15.5. The first kappa shape index (κ1) is 17.1. The van der Waals surface area contributed by atoms with E-state index in [1.54, 1.807) is 13.2 Å². The molecule has 1 rings (SSSR count). The Bertz CT molecular complexity index is 380. The van der Waals surface area contributed by atoms with Gasteiger partial charge in [0.25, 0.3) is 0 Å². The third kappa shape index (κ3) is 7.59. The number of aromatic nitrogens is 2. The number of halogens is 1. The number of rotatable bonds is 11. The lowest BCUT2D eigenvalue weighted by molar-refractivity contribution is 0.0705. The van der Waals surface area contributed by atoms with Gasteiger partial charge in [-0.05, 0) is 13.3 Å². The van der Waals surface area contributed by atoms with Crippen LogP contribution in [0.3, 0.4) is 0 Å². The molecule has 20 heavy (non-hydrogen) atoms. The molecule has 0 saturated carbocycles. The normalized spacial score (nSPS) is 10.8. The molecular formula is C13H22ClN3O3. The first-order chi connectivity index (χ1) is 9.76. The fraction of sp³-hybridized carbons (Fsp3) is 0.692. The van der Waals surface area contributed by atoms with Crippen molar-refractivity contribution >= 4 is 17.4 Å². The first-order valence-electron chi connectivity index (χ1n) is 6.68. The Labute approximate surface area is 124 Å². The second-order valence-corrected chi connectivity index (χ2v) is 4.40. The maximum Gasteiger partial charge on any atom is 0.158 e. The lowest BCUT2D eigenvalue weighted by Crippen LogP contribution is -2.10. The molecule has 7 heteroatoms. The maximum absolute atomic E-state index is 5.94. The van der Waals surface area contributed by atoms with E-state index in [4.69, 9.17) is 25.8 Å². The smallest absolute Gasteiger partial charge is 0.158 e. The number of nitrogens with zero attached hydrogens (tertiary/aromatic N) is 2. The summed E-state index contributed by atoms with van der Waals surface area (Å²) in [6.45, 7) is 5.59. The molecule has 114 valence electrons. The Morgan fingerprint density at radius 3 is 2.80 bits per heavy atom. The SMILES string of the molecule is CCOCc1nc(Cl)cc(NCCCOCCOC)n1. The van der Waals surface area contributed by atoms with Crippen molar-refractivity contribution in [2.45, 2.75) is 20.0 Å². The molecule has 6 nitrogen and oxygen atoms in total. The van der Waals surface area contributed by atoms with Crippen LogP contribution < -0.4 is 5.32 Å². The topological polar surface area (TPSA) is 65.5 Å². The van der Waals surface area contributed by atoms with Crippen LogP contribution in [0, 0.1) is 0 Å². The van der Waals surface area contributed by atoms with Crippen LogP contribution in [0.5, 0.6) is 0 Å². The third-order valence-corrected chi connectivity index (χ3v) is 2.57. The lowest BCUT2D eigenvalue weighted by Gasteiger charge is -2.08. The summed E-state index contributed by atoms with van der Waals surface area (Å²) in [5.74, 6) is 1.29. The van der Waals surface area contributed by atoms with E-state index >= 15 is 0 Å². The van der Waals surface area contributed by atoms with Gasteiger partial charge in [-0.3, -0.25) is 0 Å². The van der Waals surface area contributed by atoms with Gasteiger partial charge in [-0.15, -0.1) is 0 Å². The minimum atomic E-state index is 0.367. The molecule has 0 aromatic carbocycles. The van der Waals surface area contributed by atoms with Crippen LogP contribution in [0.15, 0.2) is 6.07 Å². The van der Waals surface area contributed by atoms with Crippen molar-refractivity contribution < 1.29 is 14.2 Å². The molecule has 0 spiro atoms. The van der Waals surface area contributed by atoms with Crippen molar-refractivity contribution in [3.05, 3.63) is 17.0 Å². The van der Waals surface area contributed by atoms with E-state index < -0.39 is 0 Å². The van der Waals surface area contributed by atoms with Crippen LogP contribution in [0.25, 0.3) is 0 Å². The van der Waals surface area contributed by atoms with Crippen molar-refractivity contribution in [3.8, 4) is 0 Å². The quantitative estimate of drug-likeness (QED) is 0.499. The van der Waals surface area contributed by atoms with Gasteiger partial charge in [-0.2, -0.15) is 0 Å². The van der Waals surface area contributed by atoms with Crippen LogP contribution in [0.4, 0.5) is 5.82 Å². The van der Waals surface area contributed by atoms with Crippen molar-refractivity contribution in [2.24, 2.45) is 0 Å². The zero-order valence-corrected chi connectivity index (χ0v) is 12.8. The van der Waals surface area contributed by atoms with Gasteiger partial charge in [0.15, 0.2) is 5.82 Å². The highest BCUT2D eigenvalue weighted by Crippen LogP contribution is 2.12. The first-order valence-corrected chi connectivity index (χ1v) is 7.05. The molecule has 0 amide bonds. The highest BCUT2D eigenvalue weighted by atomic mass is 35.5. The molecule has 0 aliphatic carbocycles. The number of methoxy groups -OCH3 is 1. The van der Waals surface area contributed by atoms with Gasteiger partial charge in [0.1, 0.15) is 17.6 Å². The number of nitrogens with one attached hydrogen (secondary N) is 1. The predicted octanol–water partition coefficient (Wildman–Crippen LogP) is 2.13. The average Bonchev–Trinajstić information content (AvgIpc) is 2.43. The van der Waals surface area contributed by atoms with E-state index in [9.17, 15) is 0 Å². The summed E-state index contributed by atoms with van der Waals surface area (Å²) in [5, 5.41) is 3.60. The predicted molar refractivity (Wildman–Crippen MR) is 78.2 cm³/mol. The summed E-state index contributed by atoms with van der Waals surface area (Å²) >= 11 is 5.94. The Morgan fingerprint density at radius 1 is 1.20 bits per heavy atom. The molecule has 1 aromatic heterocycles. The monoisotopic (exact) mass is 303 g/mol. The second-order valence-electron chi connectivity index (χ2n) is 4.01. The van der Waals surface area contributed by atoms with E-state index in [2.05, 4.69) is 15.3 Å². The molecule has 0 atom stereocenters. The van der Waals surface area contributed by atoms with E-state index in [0.29, 0.717) is 49.8 Å². The van der Waals surface area contributed by atoms with Gasteiger partial charge < -0.3 is 19.5 Å². The van der Waals surface area contributed by atoms with Gasteiger partial charge in [0.2, 0.25) is 0 Å². The standard InChI is InChI=1S/C13H22ClN3O3/c1-3-19-10-13-16-11(14)9-12(17-13)15-5-4-6-20-8-7-18-2/h9H,3-8,10H2,1-2H3,(H,15,16,17). The van der Waals surface area contributed by atoms with Crippen molar-refractivity contribution in [3.63, 3.8) is 0 Å². The van der Waals surface area contributed by atoms with Gasteiger partial charge in [0.05, 0.1) is 13.2 Å². The Morgan fingerprint density at radius 2 is 2.05 bits per heavy atom. The van der Waals surface area contributed by atoms with E-state index in [-0.39, 0.29) is 0 Å². The van der Waals surface area contributed by atoms with Crippen molar-refractivity contribution in [2.75, 3.05) is 45.4 Å². The van der Waals surface area contributed by atoms with Gasteiger partial charge in [-0.1, -0.05) is 11.6 Å². The van der Waals surface area contributed by atoms with Crippen molar-refractivity contribution in [1.29, 1.82) is 0 Å². The molecule has 0 saturated heterocycles. The summed E-state index contributed by atoms with van der Waals surface area (Å²) in [6, 6.07) is 1.70. The molecule has 0 fully saturated rings. The van der Waals surface area contributed by atoms with E-state index in [0.717, 1.165) is 13.0 Å². The summed E-state index contributed by atoms with van der Waals surface area (Å²) in [6.07, 6.45) is 0.881. The highest BCUT2D eigenvalue weighted by molar-refractivity contribution is 6.29. The second kappa shape index (κ2) is 10.8. The third-order valence-electron chi connectivity index (χ3n) is 2.38. The van der Waals surface area contributed by atoms with Crippen LogP contribution >= 0.6 is 11.6 Å². The summed E-state index contributed by atoms with van der Waals surface area (Å²) in [5.41, 5.74) is 0. The largest absolute Gasteiger partial charge is 0.382 e. The maximum atomic E-state index is 5.94. The van der Waals surface area contributed by atoms with E-state index in [1.165, 1.54) is 0 Å². The fourth-order valence-corrected chi connectivity index (χ4v) is 1.65.